The van der Waals surface area contributed by atoms with E-state index in [4.69, 9.17) is 5.73 Å². The topological polar surface area (TPSA) is 55.1 Å². The molecule has 0 saturated heterocycles. The predicted octanol–water partition coefficient (Wildman–Crippen LogP) is 2.30. The molecule has 0 aliphatic rings. The van der Waals surface area contributed by atoms with Crippen LogP contribution in [0.4, 0.5) is 13.2 Å². The van der Waals surface area contributed by atoms with E-state index in [-0.39, 0.29) is 12.5 Å². The standard InChI is InChI=1S/C13H17F3N2O/c1-8(2)11(12(17)19)18-7-9-4-3-5-10(6-9)13(14,15)16/h3-6,8,11,18H,7H2,1-2H3,(H2,17,19). The van der Waals surface area contributed by atoms with E-state index in [1.165, 1.54) is 6.07 Å². The maximum Gasteiger partial charge on any atom is 0.416 e. The lowest BCUT2D eigenvalue weighted by Gasteiger charge is -2.19. The molecule has 0 spiro atoms. The van der Waals surface area contributed by atoms with Gasteiger partial charge in [-0.2, -0.15) is 13.2 Å². The van der Waals surface area contributed by atoms with Crippen LogP contribution in [0.2, 0.25) is 0 Å². The van der Waals surface area contributed by atoms with Gasteiger partial charge in [0.05, 0.1) is 11.6 Å². The Morgan fingerprint density at radius 1 is 1.37 bits per heavy atom. The lowest BCUT2D eigenvalue weighted by atomic mass is 10.0. The minimum Gasteiger partial charge on any atom is -0.368 e. The zero-order valence-electron chi connectivity index (χ0n) is 10.8. The SMILES string of the molecule is CC(C)C(NCc1cccc(C(F)(F)F)c1)C(N)=O. The van der Waals surface area contributed by atoms with Crippen LogP contribution in [0.1, 0.15) is 25.0 Å². The Morgan fingerprint density at radius 3 is 2.47 bits per heavy atom. The molecule has 0 aliphatic carbocycles. The van der Waals surface area contributed by atoms with Gasteiger partial charge in [0.1, 0.15) is 0 Å². The van der Waals surface area contributed by atoms with Crippen molar-refractivity contribution in [1.29, 1.82) is 0 Å². The van der Waals surface area contributed by atoms with Gasteiger partial charge in [-0.05, 0) is 17.5 Å². The highest BCUT2D eigenvalue weighted by Gasteiger charge is 2.30. The van der Waals surface area contributed by atoms with Crippen molar-refractivity contribution in [3.05, 3.63) is 35.4 Å². The molecule has 3 N–H and O–H groups in total. The molecule has 1 amide bonds. The summed E-state index contributed by atoms with van der Waals surface area (Å²) in [4.78, 5) is 11.2. The smallest absolute Gasteiger partial charge is 0.368 e. The van der Waals surface area contributed by atoms with Gasteiger partial charge in [-0.1, -0.05) is 32.0 Å². The average molecular weight is 274 g/mol. The number of nitrogens with one attached hydrogen (secondary N) is 1. The first kappa shape index (κ1) is 15.5. The van der Waals surface area contributed by atoms with Gasteiger partial charge in [0, 0.05) is 6.54 Å². The molecule has 0 radical (unpaired) electrons. The lowest BCUT2D eigenvalue weighted by Crippen LogP contribution is -2.44. The van der Waals surface area contributed by atoms with Crippen LogP contribution in [-0.2, 0) is 17.5 Å². The van der Waals surface area contributed by atoms with Crippen LogP contribution in [0.5, 0.6) is 0 Å². The Kier molecular flexibility index (Phi) is 4.94. The predicted molar refractivity (Wildman–Crippen MR) is 66.1 cm³/mol. The molecule has 3 nitrogen and oxygen atoms in total. The van der Waals surface area contributed by atoms with Gasteiger partial charge in [0.25, 0.3) is 0 Å². The quantitative estimate of drug-likeness (QED) is 0.865. The molecule has 106 valence electrons. The van der Waals surface area contributed by atoms with Crippen LogP contribution in [0.25, 0.3) is 0 Å². The minimum absolute atomic E-state index is 0.0247. The van der Waals surface area contributed by atoms with Crippen LogP contribution in [-0.4, -0.2) is 11.9 Å². The summed E-state index contributed by atoms with van der Waals surface area (Å²) in [6, 6.07) is 4.42. The Labute approximate surface area is 110 Å². The summed E-state index contributed by atoms with van der Waals surface area (Å²) in [6.07, 6.45) is -4.36. The van der Waals surface area contributed by atoms with Crippen molar-refractivity contribution in [2.45, 2.75) is 32.6 Å². The molecule has 1 rings (SSSR count). The third-order valence-corrected chi connectivity index (χ3v) is 2.75. The highest BCUT2D eigenvalue weighted by Crippen LogP contribution is 2.29. The number of benzene rings is 1. The van der Waals surface area contributed by atoms with Crippen molar-refractivity contribution in [3.63, 3.8) is 0 Å². The number of carbonyl (C=O) groups is 1. The second-order valence-electron chi connectivity index (χ2n) is 4.70. The number of halogens is 3. The summed E-state index contributed by atoms with van der Waals surface area (Å²) in [5.74, 6) is -0.537. The maximum atomic E-state index is 12.5. The second-order valence-corrected chi connectivity index (χ2v) is 4.70. The van der Waals surface area contributed by atoms with E-state index in [9.17, 15) is 18.0 Å². The zero-order chi connectivity index (χ0) is 14.6. The van der Waals surface area contributed by atoms with Crippen molar-refractivity contribution in [3.8, 4) is 0 Å². The largest absolute Gasteiger partial charge is 0.416 e. The number of amides is 1. The monoisotopic (exact) mass is 274 g/mol. The molecule has 0 bridgehead atoms. The number of primary amides is 1. The van der Waals surface area contributed by atoms with Gasteiger partial charge >= 0.3 is 6.18 Å². The van der Waals surface area contributed by atoms with Crippen LogP contribution in [0.3, 0.4) is 0 Å². The van der Waals surface area contributed by atoms with E-state index in [0.717, 1.165) is 12.1 Å². The number of hydrogen-bond donors (Lipinski definition) is 2. The van der Waals surface area contributed by atoms with Crippen LogP contribution < -0.4 is 11.1 Å². The fraction of sp³-hybridized carbons (Fsp3) is 0.462. The van der Waals surface area contributed by atoms with Gasteiger partial charge < -0.3 is 11.1 Å². The Morgan fingerprint density at radius 2 is 2.00 bits per heavy atom. The van der Waals surface area contributed by atoms with Gasteiger partial charge in [0.2, 0.25) is 5.91 Å². The van der Waals surface area contributed by atoms with Crippen LogP contribution >= 0.6 is 0 Å². The van der Waals surface area contributed by atoms with Crippen LogP contribution in [0.15, 0.2) is 24.3 Å². The number of rotatable bonds is 5. The highest BCUT2D eigenvalue weighted by molar-refractivity contribution is 5.80. The molecule has 1 aromatic carbocycles. The third-order valence-electron chi connectivity index (χ3n) is 2.75. The Balaban J connectivity index is 2.75. The van der Waals surface area contributed by atoms with E-state index < -0.39 is 23.7 Å². The van der Waals surface area contributed by atoms with Crippen molar-refractivity contribution in [1.82, 2.24) is 5.32 Å². The molecule has 19 heavy (non-hydrogen) atoms. The van der Waals surface area contributed by atoms with Gasteiger partial charge in [-0.3, -0.25) is 4.79 Å². The normalized spacial score (nSPS) is 13.6. The van der Waals surface area contributed by atoms with Gasteiger partial charge in [0.15, 0.2) is 0 Å². The molecule has 6 heteroatoms. The molecule has 0 aromatic heterocycles. The molecule has 1 unspecified atom stereocenters. The molecule has 0 saturated carbocycles. The Hall–Kier alpha value is -1.56. The molecule has 0 fully saturated rings. The second kappa shape index (κ2) is 6.06. The van der Waals surface area contributed by atoms with Crippen molar-refractivity contribution >= 4 is 5.91 Å². The van der Waals surface area contributed by atoms with E-state index in [0.29, 0.717) is 5.56 Å². The molecule has 1 atom stereocenters. The summed E-state index contributed by atoms with van der Waals surface area (Å²) in [7, 11) is 0. The maximum absolute atomic E-state index is 12.5. The van der Waals surface area contributed by atoms with E-state index in [2.05, 4.69) is 5.32 Å². The van der Waals surface area contributed by atoms with E-state index in [1.54, 1.807) is 6.07 Å². The molecule has 0 heterocycles. The number of carbonyl (C=O) groups excluding carboxylic acids is 1. The van der Waals surface area contributed by atoms with E-state index in [1.807, 2.05) is 13.8 Å². The van der Waals surface area contributed by atoms with E-state index >= 15 is 0 Å². The highest BCUT2D eigenvalue weighted by atomic mass is 19.4. The summed E-state index contributed by atoms with van der Waals surface area (Å²) in [5.41, 5.74) is 4.98. The summed E-state index contributed by atoms with van der Waals surface area (Å²) in [5, 5.41) is 2.87. The minimum atomic E-state index is -4.36. The van der Waals surface area contributed by atoms with Crippen LogP contribution in [0, 0.1) is 5.92 Å². The zero-order valence-corrected chi connectivity index (χ0v) is 10.8. The molecule has 1 aromatic rings. The first-order valence-electron chi connectivity index (χ1n) is 5.90. The van der Waals surface area contributed by atoms with Crippen molar-refractivity contribution < 1.29 is 18.0 Å². The fourth-order valence-corrected chi connectivity index (χ4v) is 1.75. The van der Waals surface area contributed by atoms with Crippen molar-refractivity contribution in [2.24, 2.45) is 11.7 Å². The third kappa shape index (κ3) is 4.55. The number of nitrogens with two attached hydrogens (primary N) is 1. The first-order valence-corrected chi connectivity index (χ1v) is 5.90. The lowest BCUT2D eigenvalue weighted by molar-refractivity contribution is -0.137. The molecular weight excluding hydrogens is 257 g/mol. The van der Waals surface area contributed by atoms with Gasteiger partial charge in [-0.15, -0.1) is 0 Å². The average Bonchev–Trinajstić information content (AvgIpc) is 2.27. The van der Waals surface area contributed by atoms with Gasteiger partial charge in [-0.25, -0.2) is 0 Å². The molecular formula is C13H17F3N2O. The molecule has 0 aliphatic heterocycles. The first-order chi connectivity index (χ1) is 8.71. The number of hydrogen-bond acceptors (Lipinski definition) is 2. The summed E-state index contributed by atoms with van der Waals surface area (Å²) < 4.78 is 37.6. The Bertz CT molecular complexity index is 444. The fourth-order valence-electron chi connectivity index (χ4n) is 1.75. The number of alkyl halides is 3. The van der Waals surface area contributed by atoms with Crippen molar-refractivity contribution in [2.75, 3.05) is 0 Å². The summed E-state index contributed by atoms with van der Waals surface area (Å²) >= 11 is 0. The summed E-state index contributed by atoms with van der Waals surface area (Å²) in [6.45, 7) is 3.79.